The van der Waals surface area contributed by atoms with Crippen LogP contribution in [-0.2, 0) is 20.9 Å². The number of rotatable bonds is 12. The van der Waals surface area contributed by atoms with Gasteiger partial charge < -0.3 is 24.4 Å². The van der Waals surface area contributed by atoms with Crippen molar-refractivity contribution < 1.29 is 23.8 Å². The molecule has 0 radical (unpaired) electrons. The zero-order chi connectivity index (χ0) is 27.0. The summed E-state index contributed by atoms with van der Waals surface area (Å²) in [6.45, 7) is 8.75. The minimum absolute atomic E-state index is 0.0958. The maximum absolute atomic E-state index is 13.6. The van der Waals surface area contributed by atoms with Crippen molar-refractivity contribution in [3.8, 4) is 22.9 Å². The zero-order valence-electron chi connectivity index (χ0n) is 22.8. The van der Waals surface area contributed by atoms with Crippen LogP contribution in [0, 0.1) is 0 Å². The molecule has 0 aliphatic carbocycles. The third kappa shape index (κ3) is 7.88. The molecular weight excluding hydrogens is 476 g/mol. The molecule has 1 aliphatic rings. The highest BCUT2D eigenvalue weighted by atomic mass is 16.5. The van der Waals surface area contributed by atoms with Crippen molar-refractivity contribution in [2.75, 3.05) is 27.4 Å². The Hall–Kier alpha value is -3.21. The maximum atomic E-state index is 13.6. The molecule has 37 heavy (non-hydrogen) atoms. The Morgan fingerprint density at radius 1 is 1.24 bits per heavy atom. The molecule has 2 aromatic rings. The first kappa shape index (κ1) is 28.4. The second kappa shape index (κ2) is 12.8. The lowest BCUT2D eigenvalue weighted by Gasteiger charge is -2.34. The molecule has 0 bridgehead atoms. The number of carbonyl (C=O) groups is 2. The van der Waals surface area contributed by atoms with E-state index in [1.54, 1.807) is 37.3 Å². The second-order valence-electron chi connectivity index (χ2n) is 10.3. The van der Waals surface area contributed by atoms with Crippen LogP contribution in [0.15, 0.2) is 18.2 Å². The summed E-state index contributed by atoms with van der Waals surface area (Å²) in [6, 6.07) is 4.70. The highest BCUT2D eigenvalue weighted by Gasteiger charge is 2.34. The number of unbranched alkanes of at least 4 members (excludes halogenated alkanes) is 1. The van der Waals surface area contributed by atoms with E-state index in [1.165, 1.54) is 4.80 Å². The van der Waals surface area contributed by atoms with Crippen LogP contribution in [0.25, 0.3) is 11.4 Å². The average molecular weight is 517 g/mol. The van der Waals surface area contributed by atoms with Gasteiger partial charge in [-0.05, 0) is 63.4 Å². The Morgan fingerprint density at radius 2 is 2.00 bits per heavy atom. The first-order chi connectivity index (χ1) is 17.6. The molecule has 1 aromatic carbocycles. The van der Waals surface area contributed by atoms with Crippen LogP contribution in [0.4, 0.5) is 0 Å². The van der Waals surface area contributed by atoms with E-state index in [0.29, 0.717) is 42.5 Å². The fourth-order valence-electron chi connectivity index (χ4n) is 4.30. The van der Waals surface area contributed by atoms with E-state index in [9.17, 15) is 9.59 Å². The Kier molecular flexibility index (Phi) is 9.85. The molecule has 2 amide bonds. The zero-order valence-corrected chi connectivity index (χ0v) is 22.8. The van der Waals surface area contributed by atoms with Crippen molar-refractivity contribution in [1.29, 1.82) is 0 Å². The van der Waals surface area contributed by atoms with Crippen LogP contribution in [0.3, 0.4) is 0 Å². The largest absolute Gasteiger partial charge is 0.493 e. The summed E-state index contributed by atoms with van der Waals surface area (Å²) < 4.78 is 16.5. The SMILES string of the molecule is CCCCC(C(=O)NC(C)(C)C)N(CC1CCCO1)C(=O)Cn1nnc(-c2ccc(OC)c(OC)c2)n1. The number of tetrazole rings is 1. The quantitative estimate of drug-likeness (QED) is 0.457. The number of methoxy groups -OCH3 is 2. The molecule has 2 atom stereocenters. The third-order valence-corrected chi connectivity index (χ3v) is 6.12. The predicted molar refractivity (Wildman–Crippen MR) is 138 cm³/mol. The smallest absolute Gasteiger partial charge is 0.247 e. The molecule has 2 heterocycles. The lowest BCUT2D eigenvalue weighted by atomic mass is 10.0. The molecule has 1 aromatic heterocycles. The fraction of sp³-hybridized carbons (Fsp3) is 0.654. The van der Waals surface area contributed by atoms with Gasteiger partial charge in [0.25, 0.3) is 0 Å². The summed E-state index contributed by atoms with van der Waals surface area (Å²) in [6.07, 6.45) is 4.01. The Labute approximate surface area is 218 Å². The summed E-state index contributed by atoms with van der Waals surface area (Å²) in [4.78, 5) is 29.9. The molecule has 0 spiro atoms. The highest BCUT2D eigenvalue weighted by Crippen LogP contribution is 2.30. The number of amides is 2. The normalized spacial score (nSPS) is 16.3. The molecule has 11 heteroatoms. The highest BCUT2D eigenvalue weighted by molar-refractivity contribution is 5.88. The van der Waals surface area contributed by atoms with E-state index < -0.39 is 11.6 Å². The van der Waals surface area contributed by atoms with Crippen LogP contribution >= 0.6 is 0 Å². The molecule has 0 saturated carbocycles. The number of hydrogen-bond acceptors (Lipinski definition) is 8. The van der Waals surface area contributed by atoms with Gasteiger partial charge in [0.1, 0.15) is 12.6 Å². The van der Waals surface area contributed by atoms with Gasteiger partial charge in [-0.25, -0.2) is 0 Å². The first-order valence-electron chi connectivity index (χ1n) is 12.9. The van der Waals surface area contributed by atoms with Gasteiger partial charge in [-0.1, -0.05) is 19.8 Å². The molecule has 1 N–H and O–H groups in total. The van der Waals surface area contributed by atoms with Crippen LogP contribution in [0.2, 0.25) is 0 Å². The van der Waals surface area contributed by atoms with Crippen LogP contribution in [0.5, 0.6) is 11.5 Å². The third-order valence-electron chi connectivity index (χ3n) is 6.12. The maximum Gasteiger partial charge on any atom is 0.247 e. The van der Waals surface area contributed by atoms with Crippen LogP contribution in [0.1, 0.15) is 59.8 Å². The minimum Gasteiger partial charge on any atom is -0.493 e. The van der Waals surface area contributed by atoms with Gasteiger partial charge in [0.2, 0.25) is 17.6 Å². The second-order valence-corrected chi connectivity index (χ2v) is 10.3. The van der Waals surface area contributed by atoms with E-state index in [2.05, 4.69) is 27.7 Å². The van der Waals surface area contributed by atoms with Gasteiger partial charge in [0.15, 0.2) is 11.5 Å². The van der Waals surface area contributed by atoms with E-state index in [1.807, 2.05) is 20.8 Å². The Morgan fingerprint density at radius 3 is 2.62 bits per heavy atom. The van der Waals surface area contributed by atoms with Crippen molar-refractivity contribution >= 4 is 11.8 Å². The van der Waals surface area contributed by atoms with Gasteiger partial charge >= 0.3 is 0 Å². The Balaban J connectivity index is 1.83. The van der Waals surface area contributed by atoms with Crippen molar-refractivity contribution in [3.05, 3.63) is 18.2 Å². The van der Waals surface area contributed by atoms with E-state index in [4.69, 9.17) is 14.2 Å². The molecule has 3 rings (SSSR count). The lowest BCUT2D eigenvalue weighted by Crippen LogP contribution is -2.56. The molecule has 204 valence electrons. The summed E-state index contributed by atoms with van der Waals surface area (Å²) in [5.41, 5.74) is 0.264. The fourth-order valence-corrected chi connectivity index (χ4v) is 4.30. The summed E-state index contributed by atoms with van der Waals surface area (Å²) >= 11 is 0. The summed E-state index contributed by atoms with van der Waals surface area (Å²) in [7, 11) is 3.12. The summed E-state index contributed by atoms with van der Waals surface area (Å²) in [5.74, 6) is 1.07. The van der Waals surface area contributed by atoms with Crippen molar-refractivity contribution in [1.82, 2.24) is 30.4 Å². The number of hydrogen-bond donors (Lipinski definition) is 1. The monoisotopic (exact) mass is 516 g/mol. The van der Waals surface area contributed by atoms with E-state index >= 15 is 0 Å². The number of aromatic nitrogens is 4. The van der Waals surface area contributed by atoms with Gasteiger partial charge in [0.05, 0.1) is 20.3 Å². The first-order valence-corrected chi connectivity index (χ1v) is 12.9. The number of nitrogens with one attached hydrogen (secondary N) is 1. The molecule has 1 aliphatic heterocycles. The van der Waals surface area contributed by atoms with E-state index in [-0.39, 0.29) is 24.5 Å². The van der Waals surface area contributed by atoms with Crippen LogP contribution < -0.4 is 14.8 Å². The number of benzene rings is 1. The van der Waals surface area contributed by atoms with Crippen molar-refractivity contribution in [2.24, 2.45) is 0 Å². The van der Waals surface area contributed by atoms with Gasteiger partial charge in [0, 0.05) is 24.3 Å². The van der Waals surface area contributed by atoms with Gasteiger partial charge in [-0.2, -0.15) is 4.80 Å². The average Bonchev–Trinajstić information content (AvgIpc) is 3.54. The van der Waals surface area contributed by atoms with Gasteiger partial charge in [-0.15, -0.1) is 10.2 Å². The predicted octanol–water partition coefficient (Wildman–Crippen LogP) is 2.84. The Bertz CT molecular complexity index is 1040. The number of ether oxygens (including phenoxy) is 3. The van der Waals surface area contributed by atoms with E-state index in [0.717, 1.165) is 25.7 Å². The van der Waals surface area contributed by atoms with Crippen LogP contribution in [-0.4, -0.2) is 82.0 Å². The molecule has 11 nitrogen and oxygen atoms in total. The number of nitrogens with zero attached hydrogens (tertiary/aromatic N) is 5. The minimum atomic E-state index is -0.607. The van der Waals surface area contributed by atoms with Crippen molar-refractivity contribution in [2.45, 2.75) is 84.0 Å². The molecule has 1 fully saturated rings. The number of carbonyl (C=O) groups excluding carboxylic acids is 2. The summed E-state index contributed by atoms with van der Waals surface area (Å²) in [5, 5.41) is 15.7. The molecular formula is C26H40N6O5. The van der Waals surface area contributed by atoms with Crippen molar-refractivity contribution in [3.63, 3.8) is 0 Å². The molecule has 1 saturated heterocycles. The topological polar surface area (TPSA) is 121 Å². The van der Waals surface area contributed by atoms with Gasteiger partial charge in [-0.3, -0.25) is 9.59 Å². The molecule has 2 unspecified atom stereocenters. The standard InChI is InChI=1S/C26H40N6O5/c1-7-8-11-20(25(34)27-26(2,3)4)31(16-19-10-9-14-37-19)23(33)17-32-29-24(28-30-32)18-12-13-21(35-5)22(15-18)36-6/h12-13,15,19-20H,7-11,14,16-17H2,1-6H3,(H,27,34). The lowest BCUT2D eigenvalue weighted by molar-refractivity contribution is -0.144.